The van der Waals surface area contributed by atoms with E-state index < -0.39 is 0 Å². The Morgan fingerprint density at radius 1 is 1.44 bits per heavy atom. The quantitative estimate of drug-likeness (QED) is 0.750. The normalized spacial score (nSPS) is 14.8. The van der Waals surface area contributed by atoms with E-state index in [-0.39, 0.29) is 24.5 Å². The predicted octanol–water partition coefficient (Wildman–Crippen LogP) is 0.592. The number of aliphatic hydroxyl groups is 1. The summed E-state index contributed by atoms with van der Waals surface area (Å²) in [6.45, 7) is 0.664. The van der Waals surface area contributed by atoms with E-state index in [1.807, 2.05) is 11.9 Å². The largest absolute Gasteiger partial charge is 0.395 e. The molecule has 0 radical (unpaired) electrons. The highest BCUT2D eigenvalue weighted by Crippen LogP contribution is 2.12. The third-order valence-corrected chi connectivity index (χ3v) is 2.98. The molecule has 1 aromatic carbocycles. The highest BCUT2D eigenvalue weighted by molar-refractivity contribution is 5.17. The maximum atomic E-state index is 13.5. The fourth-order valence-corrected chi connectivity index (χ4v) is 1.92. The lowest BCUT2D eigenvalue weighted by Gasteiger charge is -2.31. The molecule has 0 saturated carbocycles. The van der Waals surface area contributed by atoms with Crippen LogP contribution in [0.5, 0.6) is 0 Å². The summed E-state index contributed by atoms with van der Waals surface area (Å²) in [5.74, 6) is -0.249. The molecule has 4 nitrogen and oxygen atoms in total. The van der Waals surface area contributed by atoms with Gasteiger partial charge in [-0.25, -0.2) is 4.39 Å². The summed E-state index contributed by atoms with van der Waals surface area (Å²) in [6.07, 6.45) is 0. The Morgan fingerprint density at radius 2 is 2.11 bits per heavy atom. The van der Waals surface area contributed by atoms with Gasteiger partial charge in [0.05, 0.1) is 19.3 Å². The molecule has 102 valence electrons. The van der Waals surface area contributed by atoms with Crippen LogP contribution in [0, 0.1) is 5.82 Å². The number of ether oxygens (including phenoxy) is 1. The minimum Gasteiger partial charge on any atom is -0.395 e. The second-order valence-electron chi connectivity index (χ2n) is 4.38. The van der Waals surface area contributed by atoms with Crippen molar-refractivity contribution in [2.45, 2.75) is 18.6 Å². The van der Waals surface area contributed by atoms with Crippen LogP contribution >= 0.6 is 0 Å². The predicted molar refractivity (Wildman–Crippen MR) is 68.6 cm³/mol. The number of rotatable bonds is 7. The topological polar surface area (TPSA) is 58.7 Å². The number of benzene rings is 1. The number of nitrogens with zero attached hydrogens (tertiary/aromatic N) is 1. The lowest BCUT2D eigenvalue weighted by Crippen LogP contribution is -2.50. The maximum Gasteiger partial charge on any atom is 0.127 e. The van der Waals surface area contributed by atoms with Gasteiger partial charge in [-0.1, -0.05) is 18.2 Å². The van der Waals surface area contributed by atoms with Crippen molar-refractivity contribution in [3.63, 3.8) is 0 Å². The molecule has 1 rings (SSSR count). The summed E-state index contributed by atoms with van der Waals surface area (Å²) in [5, 5.41) is 9.37. The van der Waals surface area contributed by atoms with Gasteiger partial charge in [-0.2, -0.15) is 0 Å². The molecule has 0 spiro atoms. The van der Waals surface area contributed by atoms with E-state index in [9.17, 15) is 9.50 Å². The summed E-state index contributed by atoms with van der Waals surface area (Å²) in [5.41, 5.74) is 6.50. The van der Waals surface area contributed by atoms with Gasteiger partial charge < -0.3 is 15.6 Å². The van der Waals surface area contributed by atoms with Gasteiger partial charge in [0.15, 0.2) is 0 Å². The van der Waals surface area contributed by atoms with E-state index in [0.29, 0.717) is 18.7 Å². The van der Waals surface area contributed by atoms with Crippen LogP contribution in [0.3, 0.4) is 0 Å². The van der Waals surface area contributed by atoms with Gasteiger partial charge in [-0.3, -0.25) is 4.90 Å². The first-order chi connectivity index (χ1) is 8.60. The van der Waals surface area contributed by atoms with Crippen LogP contribution < -0.4 is 5.73 Å². The molecule has 0 bridgehead atoms. The standard InChI is InChI=1S/C13H21FN2O2/c1-16(13(8-17)12(15)9-18-2)7-10-5-3-4-6-11(10)14/h3-6,12-13,17H,7-9,15H2,1-2H3. The summed E-state index contributed by atoms with van der Waals surface area (Å²) in [7, 11) is 3.37. The highest BCUT2D eigenvalue weighted by Gasteiger charge is 2.22. The monoisotopic (exact) mass is 256 g/mol. The molecule has 1 aromatic rings. The van der Waals surface area contributed by atoms with Crippen molar-refractivity contribution in [2.75, 3.05) is 27.4 Å². The van der Waals surface area contributed by atoms with Crippen molar-refractivity contribution in [3.8, 4) is 0 Å². The van der Waals surface area contributed by atoms with Gasteiger partial charge in [0, 0.05) is 25.3 Å². The van der Waals surface area contributed by atoms with Crippen molar-refractivity contribution < 1.29 is 14.2 Å². The number of likely N-dealkylation sites (N-methyl/N-ethyl adjacent to an activating group) is 1. The number of nitrogens with two attached hydrogens (primary N) is 1. The molecule has 0 aliphatic rings. The number of aliphatic hydroxyl groups excluding tert-OH is 1. The Hall–Kier alpha value is -1.01. The lowest BCUT2D eigenvalue weighted by atomic mass is 10.1. The van der Waals surface area contributed by atoms with E-state index >= 15 is 0 Å². The average Bonchev–Trinajstić information content (AvgIpc) is 2.33. The molecular formula is C13H21FN2O2. The molecule has 0 heterocycles. The number of hydrogen-bond donors (Lipinski definition) is 2. The van der Waals surface area contributed by atoms with E-state index in [0.717, 1.165) is 0 Å². The Kier molecular flexibility index (Phi) is 6.21. The van der Waals surface area contributed by atoms with E-state index in [2.05, 4.69) is 0 Å². The van der Waals surface area contributed by atoms with Crippen LogP contribution in [0.4, 0.5) is 4.39 Å². The molecule has 2 atom stereocenters. The Bertz CT molecular complexity index is 363. The second kappa shape index (κ2) is 7.43. The van der Waals surface area contributed by atoms with Gasteiger partial charge in [0.2, 0.25) is 0 Å². The molecule has 0 amide bonds. The summed E-state index contributed by atoms with van der Waals surface area (Å²) in [6, 6.07) is 6.02. The fourth-order valence-electron chi connectivity index (χ4n) is 1.92. The average molecular weight is 256 g/mol. The fraction of sp³-hybridized carbons (Fsp3) is 0.538. The Morgan fingerprint density at radius 3 is 2.67 bits per heavy atom. The van der Waals surface area contributed by atoms with Gasteiger partial charge >= 0.3 is 0 Å². The van der Waals surface area contributed by atoms with Crippen LogP contribution in [0.15, 0.2) is 24.3 Å². The van der Waals surface area contributed by atoms with E-state index in [1.54, 1.807) is 25.3 Å². The minimum atomic E-state index is -0.309. The molecule has 3 N–H and O–H groups in total. The summed E-state index contributed by atoms with van der Waals surface area (Å²) >= 11 is 0. The highest BCUT2D eigenvalue weighted by atomic mass is 19.1. The maximum absolute atomic E-state index is 13.5. The molecule has 0 fully saturated rings. The third kappa shape index (κ3) is 4.03. The molecule has 0 saturated heterocycles. The third-order valence-electron chi connectivity index (χ3n) is 2.98. The first-order valence-electron chi connectivity index (χ1n) is 5.89. The number of hydrogen-bond acceptors (Lipinski definition) is 4. The van der Waals surface area contributed by atoms with Gasteiger partial charge in [-0.15, -0.1) is 0 Å². The molecule has 5 heteroatoms. The number of methoxy groups -OCH3 is 1. The molecule has 18 heavy (non-hydrogen) atoms. The summed E-state index contributed by atoms with van der Waals surface area (Å²) < 4.78 is 18.5. The van der Waals surface area contributed by atoms with Crippen LogP contribution in [-0.4, -0.2) is 49.5 Å². The first-order valence-corrected chi connectivity index (χ1v) is 5.89. The zero-order chi connectivity index (χ0) is 13.5. The molecule has 0 aliphatic heterocycles. The summed E-state index contributed by atoms with van der Waals surface area (Å²) in [4.78, 5) is 1.84. The molecule has 0 aliphatic carbocycles. The minimum absolute atomic E-state index is 0.0878. The van der Waals surface area contributed by atoms with Crippen LogP contribution in [0.2, 0.25) is 0 Å². The van der Waals surface area contributed by atoms with E-state index in [1.165, 1.54) is 6.07 Å². The van der Waals surface area contributed by atoms with Crippen molar-refractivity contribution >= 4 is 0 Å². The zero-order valence-corrected chi connectivity index (χ0v) is 10.8. The zero-order valence-electron chi connectivity index (χ0n) is 10.8. The molecule has 0 aromatic heterocycles. The smallest absolute Gasteiger partial charge is 0.127 e. The van der Waals surface area contributed by atoms with Crippen molar-refractivity contribution in [1.29, 1.82) is 0 Å². The SMILES string of the molecule is COCC(N)C(CO)N(C)Cc1ccccc1F. The van der Waals surface area contributed by atoms with Crippen LogP contribution in [-0.2, 0) is 11.3 Å². The van der Waals surface area contributed by atoms with Gasteiger partial charge in [-0.05, 0) is 13.1 Å². The van der Waals surface area contributed by atoms with Crippen molar-refractivity contribution in [3.05, 3.63) is 35.6 Å². The first kappa shape index (κ1) is 15.0. The number of halogens is 1. The van der Waals surface area contributed by atoms with Gasteiger partial charge in [0.1, 0.15) is 5.82 Å². The van der Waals surface area contributed by atoms with E-state index in [4.69, 9.17) is 10.5 Å². The Balaban J connectivity index is 2.68. The molecular weight excluding hydrogens is 235 g/mol. The van der Waals surface area contributed by atoms with Crippen LogP contribution in [0.25, 0.3) is 0 Å². The molecule has 2 unspecified atom stereocenters. The van der Waals surface area contributed by atoms with Crippen LogP contribution in [0.1, 0.15) is 5.56 Å². The van der Waals surface area contributed by atoms with Gasteiger partial charge in [0.25, 0.3) is 0 Å². The Labute approximate surface area is 107 Å². The van der Waals surface area contributed by atoms with Crippen molar-refractivity contribution in [1.82, 2.24) is 4.90 Å². The lowest BCUT2D eigenvalue weighted by molar-refractivity contribution is 0.0811. The second-order valence-corrected chi connectivity index (χ2v) is 4.38. The van der Waals surface area contributed by atoms with Crippen molar-refractivity contribution in [2.24, 2.45) is 5.73 Å².